The molecule has 0 aliphatic heterocycles. The Balaban J connectivity index is 2.57. The Morgan fingerprint density at radius 3 is 0.886 bits per heavy atom. The molecule has 2 aromatic carbocycles. The summed E-state index contributed by atoms with van der Waals surface area (Å²) in [5, 5.41) is 0. The van der Waals surface area contributed by atoms with Gasteiger partial charge >= 0.3 is 0 Å². The van der Waals surface area contributed by atoms with Crippen molar-refractivity contribution in [1.29, 1.82) is 0 Å². The van der Waals surface area contributed by atoms with E-state index in [0.717, 1.165) is 62.7 Å². The van der Waals surface area contributed by atoms with E-state index in [0.29, 0.717) is 0 Å². The largest absolute Gasteiger partial charge is 0.252 e. The van der Waals surface area contributed by atoms with Gasteiger partial charge in [0, 0.05) is 0 Å². The summed E-state index contributed by atoms with van der Waals surface area (Å²) >= 11 is 0. The lowest BCUT2D eigenvalue weighted by Gasteiger charge is -2.14. The second-order valence-electron chi connectivity index (χ2n) is 13.2. The highest BCUT2D eigenvalue weighted by Crippen LogP contribution is 2.26. The zero-order chi connectivity index (χ0) is 31.8. The van der Waals surface area contributed by atoms with Crippen molar-refractivity contribution < 1.29 is 0 Å². The smallest absolute Gasteiger partial charge is 0.0639 e. The fraction of sp³-hybridized carbons (Fsp3) is 0.667. The predicted molar refractivity (Wildman–Crippen MR) is 199 cm³/mol. The third kappa shape index (κ3) is 15.7. The minimum Gasteiger partial charge on any atom is -0.252 e. The van der Waals surface area contributed by atoms with Crippen molar-refractivity contribution in [3.05, 3.63) is 58.7 Å². The molecule has 2 heteroatoms. The molecule has 0 unspecified atom stereocenters. The van der Waals surface area contributed by atoms with Crippen LogP contribution in [0.5, 0.6) is 0 Å². The number of unbranched alkanes of at least 4 members (excludes halogenated alkanes) is 10. The third-order valence-corrected chi connectivity index (χ3v) is 8.75. The second-order valence-corrected chi connectivity index (χ2v) is 13.2. The van der Waals surface area contributed by atoms with Crippen molar-refractivity contribution in [2.75, 3.05) is 0 Å². The number of nitrogens with zero attached hydrogens (tertiary/aromatic N) is 2. The lowest BCUT2D eigenvalue weighted by molar-refractivity contribution is 0.708. The van der Waals surface area contributed by atoms with Crippen LogP contribution >= 0.6 is 0 Å². The van der Waals surface area contributed by atoms with Crippen LogP contribution in [0.2, 0.25) is 0 Å². The van der Waals surface area contributed by atoms with Gasteiger partial charge in [-0.25, -0.2) is 0 Å². The van der Waals surface area contributed by atoms with E-state index < -0.39 is 0 Å². The third-order valence-electron chi connectivity index (χ3n) is 8.75. The van der Waals surface area contributed by atoms with Gasteiger partial charge in [0.05, 0.1) is 22.8 Å². The average Bonchev–Trinajstić information content (AvgIpc) is 3.02. The Morgan fingerprint density at radius 1 is 0.364 bits per heavy atom. The van der Waals surface area contributed by atoms with Gasteiger partial charge in [-0.2, -0.15) is 0 Å². The van der Waals surface area contributed by atoms with Crippen molar-refractivity contribution in [3.63, 3.8) is 0 Å². The van der Waals surface area contributed by atoms with Crippen molar-refractivity contribution in [2.45, 2.75) is 183 Å². The number of aliphatic imine (C=N–C) groups is 2. The molecule has 0 spiro atoms. The van der Waals surface area contributed by atoms with Crippen LogP contribution in [0, 0.1) is 0 Å². The molecule has 2 rings (SSSR count). The lowest BCUT2D eigenvalue weighted by Crippen LogP contribution is -2.14. The molecule has 0 aliphatic rings. The molecular formula is C42H68N2. The first-order valence-corrected chi connectivity index (χ1v) is 19.0. The Hall–Kier alpha value is -2.22. The van der Waals surface area contributed by atoms with Crippen LogP contribution < -0.4 is 0 Å². The molecule has 246 valence electrons. The first-order valence-electron chi connectivity index (χ1n) is 19.0. The molecule has 0 saturated heterocycles. The maximum atomic E-state index is 5.48. The lowest BCUT2D eigenvalue weighted by atomic mass is 9.99. The van der Waals surface area contributed by atoms with E-state index in [1.807, 2.05) is 0 Å². The molecule has 0 fully saturated rings. The highest BCUT2D eigenvalue weighted by Gasteiger charge is 2.12. The number of hydrogen-bond acceptors (Lipinski definition) is 2. The van der Waals surface area contributed by atoms with Gasteiger partial charge in [-0.05, 0) is 124 Å². The fourth-order valence-electron chi connectivity index (χ4n) is 6.04. The van der Waals surface area contributed by atoms with E-state index in [1.165, 1.54) is 124 Å². The summed E-state index contributed by atoms with van der Waals surface area (Å²) in [6.45, 7) is 13.8. The Bertz CT molecular complexity index is 949. The number of rotatable bonds is 25. The van der Waals surface area contributed by atoms with Crippen LogP contribution in [0.1, 0.15) is 179 Å². The van der Waals surface area contributed by atoms with Gasteiger partial charge in [0.25, 0.3) is 0 Å². The summed E-state index contributed by atoms with van der Waals surface area (Å²) in [5.74, 6) is 0. The van der Waals surface area contributed by atoms with Gasteiger partial charge in [-0.3, -0.25) is 9.98 Å². The predicted octanol–water partition coefficient (Wildman–Crippen LogP) is 13.8. The quantitative estimate of drug-likeness (QED) is 0.0800. The molecule has 0 N–H and O–H groups in total. The van der Waals surface area contributed by atoms with Crippen LogP contribution in [-0.2, 0) is 25.7 Å². The van der Waals surface area contributed by atoms with Gasteiger partial charge in [0.15, 0.2) is 0 Å². The zero-order valence-corrected chi connectivity index (χ0v) is 29.9. The molecular weight excluding hydrogens is 532 g/mol. The van der Waals surface area contributed by atoms with Crippen LogP contribution in [0.15, 0.2) is 46.4 Å². The summed E-state index contributed by atoms with van der Waals surface area (Å²) in [6, 6.07) is 14.4. The summed E-state index contributed by atoms with van der Waals surface area (Å²) < 4.78 is 0. The highest BCUT2D eigenvalue weighted by molar-refractivity contribution is 6.43. The van der Waals surface area contributed by atoms with Crippen molar-refractivity contribution in [1.82, 2.24) is 0 Å². The number of benzene rings is 2. The molecule has 0 aliphatic carbocycles. The summed E-state index contributed by atoms with van der Waals surface area (Å²) in [4.78, 5) is 11.0. The van der Waals surface area contributed by atoms with Gasteiger partial charge in [-0.15, -0.1) is 0 Å². The monoisotopic (exact) mass is 601 g/mol. The first kappa shape index (κ1) is 38.0. The Morgan fingerprint density at radius 2 is 0.636 bits per heavy atom. The van der Waals surface area contributed by atoms with Crippen LogP contribution in [-0.4, -0.2) is 11.4 Å². The van der Waals surface area contributed by atoms with Crippen molar-refractivity contribution in [2.24, 2.45) is 9.98 Å². The molecule has 0 bridgehead atoms. The van der Waals surface area contributed by atoms with Gasteiger partial charge in [0.2, 0.25) is 0 Å². The molecule has 2 nitrogen and oxygen atoms in total. The van der Waals surface area contributed by atoms with Crippen molar-refractivity contribution >= 4 is 22.8 Å². The van der Waals surface area contributed by atoms with Gasteiger partial charge < -0.3 is 0 Å². The standard InChI is InChI=1S/C42H68N2/c1-7-13-19-23-35-29-36(24-20-14-8-2)32-39(31-35)43-41(27-17-11-5)42(28-18-12-6)44-40-33-37(25-21-15-9-3)30-38(34-40)26-22-16-10-4/h29-34H,7-28H2,1-6H3. The maximum Gasteiger partial charge on any atom is 0.0639 e. The zero-order valence-electron chi connectivity index (χ0n) is 29.9. The van der Waals surface area contributed by atoms with Crippen LogP contribution in [0.3, 0.4) is 0 Å². The maximum absolute atomic E-state index is 5.48. The molecule has 0 aromatic heterocycles. The van der Waals surface area contributed by atoms with E-state index in [4.69, 9.17) is 9.98 Å². The molecule has 0 amide bonds. The Labute approximate surface area is 273 Å². The minimum atomic E-state index is 1.00. The summed E-state index contributed by atoms with van der Waals surface area (Å²) in [5.41, 5.74) is 10.6. The number of hydrogen-bond donors (Lipinski definition) is 0. The molecule has 2 aromatic rings. The van der Waals surface area contributed by atoms with Gasteiger partial charge in [-0.1, -0.05) is 118 Å². The minimum absolute atomic E-state index is 1.00. The van der Waals surface area contributed by atoms with Gasteiger partial charge in [0.1, 0.15) is 0 Å². The van der Waals surface area contributed by atoms with E-state index >= 15 is 0 Å². The summed E-state index contributed by atoms with van der Waals surface area (Å²) in [7, 11) is 0. The van der Waals surface area contributed by atoms with E-state index in [2.05, 4.69) is 77.9 Å². The average molecular weight is 601 g/mol. The summed E-state index contributed by atoms with van der Waals surface area (Å²) in [6.07, 6.45) is 26.6. The normalized spacial score (nSPS) is 12.3. The molecule has 44 heavy (non-hydrogen) atoms. The fourth-order valence-corrected chi connectivity index (χ4v) is 6.04. The van der Waals surface area contributed by atoms with E-state index in [-0.39, 0.29) is 0 Å². The topological polar surface area (TPSA) is 24.7 Å². The molecule has 0 saturated carbocycles. The van der Waals surface area contributed by atoms with E-state index in [9.17, 15) is 0 Å². The number of aryl methyl sites for hydroxylation is 4. The Kier molecular flexibility index (Phi) is 20.8. The second kappa shape index (κ2) is 24.1. The first-order chi connectivity index (χ1) is 21.6. The van der Waals surface area contributed by atoms with Crippen molar-refractivity contribution in [3.8, 4) is 0 Å². The SMILES string of the molecule is CCCCCc1cc(CCCCC)cc(N=C(CCCC)C(CCCC)=Nc2cc(CCCCC)cc(CCCCC)c2)c1. The van der Waals surface area contributed by atoms with Crippen LogP contribution in [0.4, 0.5) is 11.4 Å². The van der Waals surface area contributed by atoms with Crippen LogP contribution in [0.25, 0.3) is 0 Å². The molecule has 0 heterocycles. The van der Waals surface area contributed by atoms with E-state index in [1.54, 1.807) is 0 Å². The molecule has 0 radical (unpaired) electrons. The highest BCUT2D eigenvalue weighted by atomic mass is 14.8. The molecule has 0 atom stereocenters.